The maximum Gasteiger partial charge on any atom is 0.407 e. The van der Waals surface area contributed by atoms with Gasteiger partial charge in [0.25, 0.3) is 0 Å². The maximum atomic E-state index is 12.8. The highest BCUT2D eigenvalue weighted by Crippen LogP contribution is 2.38. The smallest absolute Gasteiger partial charge is 0.407 e. The Morgan fingerprint density at radius 1 is 1.38 bits per heavy atom. The molecule has 138 valence electrons. The van der Waals surface area contributed by atoms with E-state index in [-0.39, 0.29) is 23.4 Å². The van der Waals surface area contributed by atoms with Crippen LogP contribution in [0.4, 0.5) is 4.79 Å². The molecule has 1 aromatic rings. The standard InChI is InChI=1S/C18H20N2O6/c1-3-19-18(25)26-8-11-14-16(20-6-4-5-12(22)15(11)20)13(23)7-10(9(2)21)17(14)24/h7,12,22H,3-6,8H2,1-2H3,(H,19,25). The van der Waals surface area contributed by atoms with Crippen LogP contribution in [0.2, 0.25) is 0 Å². The highest BCUT2D eigenvalue weighted by atomic mass is 16.5. The molecule has 0 bridgehead atoms. The first kappa shape index (κ1) is 18.1. The van der Waals surface area contributed by atoms with Gasteiger partial charge in [0.15, 0.2) is 11.6 Å². The number of aliphatic hydroxyl groups is 1. The fraction of sp³-hybridized carbons (Fsp3) is 0.444. The van der Waals surface area contributed by atoms with Gasteiger partial charge in [-0.2, -0.15) is 0 Å². The second-order valence-electron chi connectivity index (χ2n) is 6.31. The van der Waals surface area contributed by atoms with Crippen molar-refractivity contribution in [1.29, 1.82) is 0 Å². The molecule has 1 atom stereocenters. The van der Waals surface area contributed by atoms with E-state index in [2.05, 4.69) is 5.32 Å². The number of aliphatic hydroxyl groups excluding tert-OH is 1. The molecule has 3 rings (SSSR count). The summed E-state index contributed by atoms with van der Waals surface area (Å²) in [5, 5.41) is 12.9. The molecule has 2 aliphatic rings. The van der Waals surface area contributed by atoms with Crippen molar-refractivity contribution in [3.63, 3.8) is 0 Å². The van der Waals surface area contributed by atoms with Crippen LogP contribution < -0.4 is 5.32 Å². The molecule has 1 amide bonds. The zero-order valence-electron chi connectivity index (χ0n) is 14.6. The predicted molar refractivity (Wildman–Crippen MR) is 89.9 cm³/mol. The second kappa shape index (κ2) is 6.87. The monoisotopic (exact) mass is 360 g/mol. The van der Waals surface area contributed by atoms with Crippen LogP contribution in [0.3, 0.4) is 0 Å². The minimum atomic E-state index is -0.872. The van der Waals surface area contributed by atoms with Gasteiger partial charge in [-0.3, -0.25) is 14.4 Å². The summed E-state index contributed by atoms with van der Waals surface area (Å²) in [6.07, 6.45) is 0.644. The van der Waals surface area contributed by atoms with Crippen LogP contribution in [-0.2, 0) is 22.7 Å². The Labute approximate surface area is 149 Å². The number of amides is 1. The Balaban J connectivity index is 2.12. The summed E-state index contributed by atoms with van der Waals surface area (Å²) < 4.78 is 6.76. The number of alkyl carbamates (subject to hydrolysis) is 1. The van der Waals surface area contributed by atoms with Gasteiger partial charge in [-0.05, 0) is 26.7 Å². The second-order valence-corrected chi connectivity index (χ2v) is 6.31. The van der Waals surface area contributed by atoms with Crippen molar-refractivity contribution in [2.24, 2.45) is 0 Å². The highest BCUT2D eigenvalue weighted by Gasteiger charge is 2.39. The van der Waals surface area contributed by atoms with Gasteiger partial charge in [0.2, 0.25) is 5.78 Å². The molecule has 0 radical (unpaired) electrons. The summed E-state index contributed by atoms with van der Waals surface area (Å²) in [7, 11) is 0. The molecule has 2 heterocycles. The zero-order chi connectivity index (χ0) is 19.0. The Morgan fingerprint density at radius 3 is 2.77 bits per heavy atom. The van der Waals surface area contributed by atoms with Crippen molar-refractivity contribution >= 4 is 23.4 Å². The average Bonchev–Trinajstić information content (AvgIpc) is 2.93. The minimum absolute atomic E-state index is 0.0583. The van der Waals surface area contributed by atoms with Crippen molar-refractivity contribution in [2.45, 2.75) is 45.9 Å². The number of carbonyl (C=O) groups is 4. The first-order chi connectivity index (χ1) is 12.4. The summed E-state index contributed by atoms with van der Waals surface area (Å²) in [6, 6.07) is 0. The van der Waals surface area contributed by atoms with Gasteiger partial charge in [-0.15, -0.1) is 0 Å². The number of Topliss-reactive ketones (excluding diaryl/α,β-unsaturated/α-hetero) is 2. The van der Waals surface area contributed by atoms with E-state index < -0.39 is 29.5 Å². The van der Waals surface area contributed by atoms with Gasteiger partial charge in [0.1, 0.15) is 12.3 Å². The normalized spacial score (nSPS) is 18.7. The van der Waals surface area contributed by atoms with E-state index in [0.717, 1.165) is 6.08 Å². The van der Waals surface area contributed by atoms with Gasteiger partial charge in [0.05, 0.1) is 22.9 Å². The molecule has 0 fully saturated rings. The lowest BCUT2D eigenvalue weighted by molar-refractivity contribution is -0.113. The summed E-state index contributed by atoms with van der Waals surface area (Å²) in [5.41, 5.74) is 0.722. The van der Waals surface area contributed by atoms with E-state index in [9.17, 15) is 24.3 Å². The first-order valence-corrected chi connectivity index (χ1v) is 8.52. The van der Waals surface area contributed by atoms with E-state index in [4.69, 9.17) is 4.74 Å². The highest BCUT2D eigenvalue weighted by molar-refractivity contribution is 6.34. The number of hydrogen-bond acceptors (Lipinski definition) is 6. The molecule has 0 saturated heterocycles. The molecule has 1 aromatic heterocycles. The summed E-state index contributed by atoms with van der Waals surface area (Å²) in [4.78, 5) is 48.8. The minimum Gasteiger partial charge on any atom is -0.445 e. The summed E-state index contributed by atoms with van der Waals surface area (Å²) in [6.45, 7) is 3.54. The Hall–Kier alpha value is -2.74. The Kier molecular flexibility index (Phi) is 4.78. The van der Waals surface area contributed by atoms with Crippen LogP contribution in [0, 0.1) is 0 Å². The molecular weight excluding hydrogens is 340 g/mol. The van der Waals surface area contributed by atoms with E-state index in [1.807, 2.05) is 0 Å². The third-order valence-corrected chi connectivity index (χ3v) is 4.61. The van der Waals surface area contributed by atoms with Crippen molar-refractivity contribution in [1.82, 2.24) is 9.88 Å². The molecular formula is C18H20N2O6. The number of fused-ring (bicyclic) bond motifs is 3. The van der Waals surface area contributed by atoms with E-state index >= 15 is 0 Å². The van der Waals surface area contributed by atoms with E-state index in [1.54, 1.807) is 11.5 Å². The number of carbonyl (C=O) groups excluding carboxylic acids is 4. The van der Waals surface area contributed by atoms with Crippen molar-refractivity contribution in [3.05, 3.63) is 34.2 Å². The molecule has 0 saturated carbocycles. The lowest BCUT2D eigenvalue weighted by Gasteiger charge is -2.23. The van der Waals surface area contributed by atoms with Gasteiger partial charge < -0.3 is 19.7 Å². The first-order valence-electron chi connectivity index (χ1n) is 8.52. The molecule has 2 N–H and O–H groups in total. The average molecular weight is 360 g/mol. The van der Waals surface area contributed by atoms with Crippen molar-refractivity contribution in [3.8, 4) is 0 Å². The van der Waals surface area contributed by atoms with Crippen LogP contribution in [-0.4, -0.2) is 39.7 Å². The Bertz CT molecular complexity index is 848. The zero-order valence-corrected chi connectivity index (χ0v) is 14.6. The van der Waals surface area contributed by atoms with Gasteiger partial charge in [-0.1, -0.05) is 0 Å². The van der Waals surface area contributed by atoms with Crippen LogP contribution in [0.25, 0.3) is 0 Å². The quantitative estimate of drug-likeness (QED) is 0.786. The molecule has 0 spiro atoms. The van der Waals surface area contributed by atoms with E-state index in [1.165, 1.54) is 6.92 Å². The third kappa shape index (κ3) is 2.86. The van der Waals surface area contributed by atoms with Gasteiger partial charge in [-0.25, -0.2) is 4.79 Å². The molecule has 1 unspecified atom stereocenters. The lowest BCUT2D eigenvalue weighted by atomic mass is 9.89. The number of aromatic nitrogens is 1. The largest absolute Gasteiger partial charge is 0.445 e. The number of allylic oxidation sites excluding steroid dienone is 2. The van der Waals surface area contributed by atoms with Gasteiger partial charge >= 0.3 is 6.09 Å². The van der Waals surface area contributed by atoms with Crippen LogP contribution in [0.15, 0.2) is 11.6 Å². The van der Waals surface area contributed by atoms with Crippen molar-refractivity contribution < 1.29 is 29.0 Å². The number of nitrogens with zero attached hydrogens (tertiary/aromatic N) is 1. The number of ketones is 3. The fourth-order valence-electron chi connectivity index (χ4n) is 3.52. The Morgan fingerprint density at radius 2 is 2.12 bits per heavy atom. The summed E-state index contributed by atoms with van der Waals surface area (Å²) in [5.74, 6) is -1.53. The molecule has 8 nitrogen and oxygen atoms in total. The number of ether oxygens (including phenoxy) is 1. The molecule has 0 aromatic carbocycles. The topological polar surface area (TPSA) is 115 Å². The maximum absolute atomic E-state index is 12.8. The third-order valence-electron chi connectivity index (χ3n) is 4.61. The number of nitrogens with one attached hydrogen (secondary N) is 1. The van der Waals surface area contributed by atoms with Crippen LogP contribution >= 0.6 is 0 Å². The SMILES string of the molecule is CCNC(=O)OCc1c2c(n3c1C(O)CCC3)C(=O)C=C(C(C)=O)C2=O. The van der Waals surface area contributed by atoms with Gasteiger partial charge in [0, 0.05) is 24.7 Å². The predicted octanol–water partition coefficient (Wildman–Crippen LogP) is 1.46. The molecule has 1 aliphatic carbocycles. The van der Waals surface area contributed by atoms with Crippen LogP contribution in [0.5, 0.6) is 0 Å². The van der Waals surface area contributed by atoms with E-state index in [0.29, 0.717) is 37.2 Å². The number of rotatable bonds is 4. The van der Waals surface area contributed by atoms with Crippen LogP contribution in [0.1, 0.15) is 64.9 Å². The number of hydrogen-bond donors (Lipinski definition) is 2. The summed E-state index contributed by atoms with van der Waals surface area (Å²) >= 11 is 0. The fourth-order valence-corrected chi connectivity index (χ4v) is 3.52. The molecule has 8 heteroatoms. The lowest BCUT2D eigenvalue weighted by Crippen LogP contribution is -2.25. The molecule has 1 aliphatic heterocycles. The molecule has 26 heavy (non-hydrogen) atoms. The van der Waals surface area contributed by atoms with Crippen molar-refractivity contribution in [2.75, 3.05) is 6.54 Å².